The van der Waals surface area contributed by atoms with Crippen molar-refractivity contribution >= 4 is 11.3 Å². The van der Waals surface area contributed by atoms with E-state index in [9.17, 15) is 5.11 Å². The zero-order valence-electron chi connectivity index (χ0n) is 11.7. The van der Waals surface area contributed by atoms with Crippen LogP contribution in [0.5, 0.6) is 5.75 Å². The average molecular weight is 277 g/mol. The first-order chi connectivity index (χ1) is 8.97. The van der Waals surface area contributed by atoms with Gasteiger partial charge in [-0.05, 0) is 39.3 Å². The Morgan fingerprint density at radius 1 is 1.32 bits per heavy atom. The van der Waals surface area contributed by atoms with Crippen molar-refractivity contribution in [2.45, 2.75) is 40.4 Å². The lowest BCUT2D eigenvalue weighted by Crippen LogP contribution is -2.01. The molecular formula is C15H19NO2S. The molecule has 19 heavy (non-hydrogen) atoms. The first-order valence-corrected chi connectivity index (χ1v) is 7.13. The van der Waals surface area contributed by atoms with E-state index in [1.165, 1.54) is 4.88 Å². The number of aryl methyl sites for hydroxylation is 3. The number of nitrogens with zero attached hydrogens (tertiary/aromatic N) is 1. The third kappa shape index (κ3) is 3.33. The number of aromatic nitrogens is 1. The van der Waals surface area contributed by atoms with Crippen LogP contribution in [-0.2, 0) is 6.61 Å². The first kappa shape index (κ1) is 14.0. The Kier molecular flexibility index (Phi) is 4.22. The molecule has 0 unspecified atom stereocenters. The lowest BCUT2D eigenvalue weighted by Gasteiger charge is -2.13. The second-order valence-corrected chi connectivity index (χ2v) is 6.04. The number of benzene rings is 1. The van der Waals surface area contributed by atoms with E-state index in [4.69, 9.17) is 4.74 Å². The molecule has 3 nitrogen and oxygen atoms in total. The number of aliphatic hydroxyl groups excluding tert-OH is 1. The summed E-state index contributed by atoms with van der Waals surface area (Å²) >= 11 is 1.65. The Labute approximate surface area is 117 Å². The topological polar surface area (TPSA) is 42.4 Å². The zero-order valence-corrected chi connectivity index (χ0v) is 12.5. The maximum absolute atomic E-state index is 9.75. The number of hydrogen-bond donors (Lipinski definition) is 1. The third-order valence-corrected chi connectivity index (χ3v) is 4.09. The molecule has 1 aromatic carbocycles. The molecule has 1 heterocycles. The molecule has 1 aromatic heterocycles. The fourth-order valence-corrected chi connectivity index (χ4v) is 2.70. The number of thiazole rings is 1. The maximum atomic E-state index is 9.75. The largest absolute Gasteiger partial charge is 0.486 e. The van der Waals surface area contributed by atoms with Crippen LogP contribution in [0.4, 0.5) is 0 Å². The van der Waals surface area contributed by atoms with Crippen LogP contribution in [0.1, 0.15) is 39.7 Å². The molecule has 4 heteroatoms. The molecule has 0 fully saturated rings. The highest BCUT2D eigenvalue weighted by atomic mass is 32.1. The van der Waals surface area contributed by atoms with E-state index in [0.29, 0.717) is 6.61 Å². The summed E-state index contributed by atoms with van der Waals surface area (Å²) in [6.45, 7) is 8.27. The van der Waals surface area contributed by atoms with Gasteiger partial charge in [-0.15, -0.1) is 11.3 Å². The van der Waals surface area contributed by atoms with E-state index >= 15 is 0 Å². The van der Waals surface area contributed by atoms with Crippen LogP contribution in [0.15, 0.2) is 18.2 Å². The van der Waals surface area contributed by atoms with E-state index in [2.05, 4.69) is 11.9 Å². The molecule has 2 rings (SSSR count). The van der Waals surface area contributed by atoms with Gasteiger partial charge in [-0.1, -0.05) is 12.1 Å². The highest BCUT2D eigenvalue weighted by Crippen LogP contribution is 2.27. The normalized spacial score (nSPS) is 12.5. The monoisotopic (exact) mass is 277 g/mol. The molecule has 1 atom stereocenters. The van der Waals surface area contributed by atoms with Gasteiger partial charge in [0.1, 0.15) is 17.4 Å². The van der Waals surface area contributed by atoms with Gasteiger partial charge in [0.25, 0.3) is 0 Å². The summed E-state index contributed by atoms with van der Waals surface area (Å²) in [5.74, 6) is 0.737. The second kappa shape index (κ2) is 5.72. The van der Waals surface area contributed by atoms with Crippen molar-refractivity contribution in [3.63, 3.8) is 0 Å². The SMILES string of the molecule is Cc1ccc([C@H](C)O)c(OCc2nc(C)c(C)s2)c1. The Balaban J connectivity index is 2.16. The molecule has 1 N–H and O–H groups in total. The molecule has 2 aromatic rings. The van der Waals surface area contributed by atoms with Crippen molar-refractivity contribution in [1.29, 1.82) is 0 Å². The molecule has 102 valence electrons. The minimum atomic E-state index is -0.532. The molecule has 0 saturated carbocycles. The molecule has 0 amide bonds. The van der Waals surface area contributed by atoms with Gasteiger partial charge in [0.05, 0.1) is 11.8 Å². The molecular weight excluding hydrogens is 258 g/mol. The van der Waals surface area contributed by atoms with Gasteiger partial charge >= 0.3 is 0 Å². The molecule has 0 spiro atoms. The third-order valence-electron chi connectivity index (χ3n) is 3.04. The van der Waals surface area contributed by atoms with Gasteiger partial charge in [0.2, 0.25) is 0 Å². The van der Waals surface area contributed by atoms with Gasteiger partial charge in [-0.2, -0.15) is 0 Å². The summed E-state index contributed by atoms with van der Waals surface area (Å²) in [4.78, 5) is 5.67. The summed E-state index contributed by atoms with van der Waals surface area (Å²) in [6, 6.07) is 5.84. The Morgan fingerprint density at radius 2 is 2.05 bits per heavy atom. The summed E-state index contributed by atoms with van der Waals surface area (Å²) in [6.07, 6.45) is -0.532. The van der Waals surface area contributed by atoms with E-state index in [1.54, 1.807) is 18.3 Å². The number of aliphatic hydroxyl groups is 1. The second-order valence-electron chi connectivity index (χ2n) is 4.76. The van der Waals surface area contributed by atoms with Gasteiger partial charge in [0, 0.05) is 10.4 Å². The van der Waals surface area contributed by atoms with Crippen LogP contribution in [-0.4, -0.2) is 10.1 Å². The Hall–Kier alpha value is -1.39. The van der Waals surface area contributed by atoms with Crippen LogP contribution in [0.25, 0.3) is 0 Å². The number of ether oxygens (including phenoxy) is 1. The summed E-state index contributed by atoms with van der Waals surface area (Å²) < 4.78 is 5.82. The molecule has 0 aliphatic carbocycles. The fourth-order valence-electron chi connectivity index (χ4n) is 1.85. The highest BCUT2D eigenvalue weighted by molar-refractivity contribution is 7.11. The van der Waals surface area contributed by atoms with Crippen LogP contribution < -0.4 is 4.74 Å². The van der Waals surface area contributed by atoms with Crippen molar-refractivity contribution in [3.05, 3.63) is 44.9 Å². The summed E-state index contributed by atoms with van der Waals surface area (Å²) in [5, 5.41) is 10.7. The van der Waals surface area contributed by atoms with E-state index in [-0.39, 0.29) is 0 Å². The van der Waals surface area contributed by atoms with Crippen molar-refractivity contribution in [2.75, 3.05) is 0 Å². The minimum absolute atomic E-state index is 0.447. The molecule has 0 aliphatic rings. The van der Waals surface area contributed by atoms with E-state index in [1.807, 2.05) is 32.0 Å². The Morgan fingerprint density at radius 3 is 2.63 bits per heavy atom. The predicted octanol–water partition coefficient (Wildman–Crippen LogP) is 3.70. The van der Waals surface area contributed by atoms with Crippen molar-refractivity contribution in [3.8, 4) is 5.75 Å². The summed E-state index contributed by atoms with van der Waals surface area (Å²) in [5.41, 5.74) is 2.99. The van der Waals surface area contributed by atoms with Crippen LogP contribution in [0.3, 0.4) is 0 Å². The fraction of sp³-hybridized carbons (Fsp3) is 0.400. The minimum Gasteiger partial charge on any atom is -0.486 e. The van der Waals surface area contributed by atoms with Gasteiger partial charge in [-0.3, -0.25) is 0 Å². The van der Waals surface area contributed by atoms with Crippen molar-refractivity contribution in [1.82, 2.24) is 4.98 Å². The number of rotatable bonds is 4. The van der Waals surface area contributed by atoms with E-state index in [0.717, 1.165) is 27.6 Å². The quantitative estimate of drug-likeness (QED) is 0.926. The predicted molar refractivity (Wildman–Crippen MR) is 77.7 cm³/mol. The Bertz CT molecular complexity index is 556. The average Bonchev–Trinajstić information content (AvgIpc) is 2.66. The van der Waals surface area contributed by atoms with Crippen molar-refractivity contribution in [2.24, 2.45) is 0 Å². The van der Waals surface area contributed by atoms with Gasteiger partial charge in [-0.25, -0.2) is 4.98 Å². The molecule has 0 radical (unpaired) electrons. The first-order valence-electron chi connectivity index (χ1n) is 6.31. The standard InChI is InChI=1S/C15H19NO2S/c1-9-5-6-13(11(3)17)14(7-9)18-8-15-16-10(2)12(4)19-15/h5-7,11,17H,8H2,1-4H3/t11-/m0/s1. The van der Waals surface area contributed by atoms with Crippen LogP contribution >= 0.6 is 11.3 Å². The molecule has 0 aliphatic heterocycles. The maximum Gasteiger partial charge on any atom is 0.140 e. The summed E-state index contributed by atoms with van der Waals surface area (Å²) in [7, 11) is 0. The van der Waals surface area contributed by atoms with Gasteiger partial charge < -0.3 is 9.84 Å². The van der Waals surface area contributed by atoms with Crippen molar-refractivity contribution < 1.29 is 9.84 Å². The van der Waals surface area contributed by atoms with Crippen LogP contribution in [0.2, 0.25) is 0 Å². The number of hydrogen-bond acceptors (Lipinski definition) is 4. The lowest BCUT2D eigenvalue weighted by molar-refractivity contribution is 0.190. The van der Waals surface area contributed by atoms with Crippen LogP contribution in [0, 0.1) is 20.8 Å². The smallest absolute Gasteiger partial charge is 0.140 e. The molecule has 0 saturated heterocycles. The van der Waals surface area contributed by atoms with Gasteiger partial charge in [0.15, 0.2) is 0 Å². The van der Waals surface area contributed by atoms with E-state index < -0.39 is 6.10 Å². The molecule has 0 bridgehead atoms. The highest BCUT2D eigenvalue weighted by Gasteiger charge is 2.11. The zero-order chi connectivity index (χ0) is 14.0. The lowest BCUT2D eigenvalue weighted by atomic mass is 10.1.